The molecule has 1 aromatic rings. The molecule has 0 aromatic heterocycles. The molecule has 0 unspecified atom stereocenters. The number of benzene rings is 1. The number of ether oxygens (including phenoxy) is 2. The highest BCUT2D eigenvalue weighted by Gasteiger charge is 2.44. The lowest BCUT2D eigenvalue weighted by atomic mass is 9.82. The zero-order valence-corrected chi connectivity index (χ0v) is 15.1. The van der Waals surface area contributed by atoms with Gasteiger partial charge in [0.15, 0.2) is 11.5 Å². The lowest BCUT2D eigenvalue weighted by Crippen LogP contribution is -2.28. The Labute approximate surface area is 146 Å². The van der Waals surface area contributed by atoms with Crippen LogP contribution < -0.4 is 9.47 Å². The van der Waals surface area contributed by atoms with E-state index in [2.05, 4.69) is 6.08 Å². The minimum atomic E-state index is -0.839. The standard InChI is InChI=1S/C19H22O4S/c1-19(17(20)4-5-18(19)21)8-6-12-7-9-24-16-11-15(23-3)14(22-2)10-13(12)16/h6,10-11H,4-5,7-9H2,1-3H3/b12-6-. The first-order chi connectivity index (χ1) is 11.5. The zero-order valence-electron chi connectivity index (χ0n) is 14.3. The van der Waals surface area contributed by atoms with Crippen LogP contribution in [-0.2, 0) is 9.59 Å². The first-order valence-corrected chi connectivity index (χ1v) is 9.13. The molecular weight excluding hydrogens is 324 g/mol. The van der Waals surface area contributed by atoms with Crippen LogP contribution in [0.4, 0.5) is 0 Å². The maximum atomic E-state index is 12.1. The number of thioether (sulfide) groups is 1. The summed E-state index contributed by atoms with van der Waals surface area (Å²) in [5, 5.41) is 0. The molecule has 0 atom stereocenters. The molecule has 0 N–H and O–H groups in total. The van der Waals surface area contributed by atoms with E-state index < -0.39 is 5.41 Å². The second-order valence-corrected chi connectivity index (χ2v) is 7.55. The summed E-state index contributed by atoms with van der Waals surface area (Å²) in [6, 6.07) is 3.99. The minimum Gasteiger partial charge on any atom is -0.493 e. The van der Waals surface area contributed by atoms with Crippen LogP contribution >= 0.6 is 11.8 Å². The highest BCUT2D eigenvalue weighted by atomic mass is 32.2. The molecule has 5 heteroatoms. The van der Waals surface area contributed by atoms with Crippen molar-refractivity contribution in [1.82, 2.24) is 0 Å². The third-order valence-electron chi connectivity index (χ3n) is 5.03. The first-order valence-electron chi connectivity index (χ1n) is 8.14. The number of hydrogen-bond acceptors (Lipinski definition) is 5. The van der Waals surface area contributed by atoms with E-state index in [1.54, 1.807) is 32.9 Å². The molecular formula is C19H22O4S. The highest BCUT2D eigenvalue weighted by molar-refractivity contribution is 7.99. The van der Waals surface area contributed by atoms with E-state index in [1.807, 2.05) is 12.1 Å². The lowest BCUT2D eigenvalue weighted by Gasteiger charge is -2.23. The predicted molar refractivity (Wildman–Crippen MR) is 94.8 cm³/mol. The number of ketones is 2. The summed E-state index contributed by atoms with van der Waals surface area (Å²) in [6.45, 7) is 1.79. The van der Waals surface area contributed by atoms with Gasteiger partial charge in [0.2, 0.25) is 0 Å². The fourth-order valence-electron chi connectivity index (χ4n) is 3.34. The summed E-state index contributed by atoms with van der Waals surface area (Å²) in [6.07, 6.45) is 4.25. The van der Waals surface area contributed by atoms with Crippen LogP contribution in [0.25, 0.3) is 5.57 Å². The van der Waals surface area contributed by atoms with Gasteiger partial charge in [0, 0.05) is 23.5 Å². The van der Waals surface area contributed by atoms with Crippen LogP contribution in [0.3, 0.4) is 0 Å². The van der Waals surface area contributed by atoms with Crippen molar-refractivity contribution < 1.29 is 19.1 Å². The third-order valence-corrected chi connectivity index (χ3v) is 6.08. The van der Waals surface area contributed by atoms with E-state index in [0.29, 0.717) is 25.0 Å². The van der Waals surface area contributed by atoms with Crippen LogP contribution in [0.15, 0.2) is 23.1 Å². The maximum absolute atomic E-state index is 12.1. The Morgan fingerprint density at radius 1 is 1.08 bits per heavy atom. The summed E-state index contributed by atoms with van der Waals surface area (Å²) < 4.78 is 10.8. The Morgan fingerprint density at radius 2 is 1.71 bits per heavy atom. The molecule has 4 nitrogen and oxygen atoms in total. The van der Waals surface area contributed by atoms with E-state index in [-0.39, 0.29) is 11.6 Å². The average Bonchev–Trinajstić information content (AvgIpc) is 2.86. The second-order valence-electron chi connectivity index (χ2n) is 6.41. The SMILES string of the molecule is COc1cc2c(cc1OC)/C(=C\CC1(C)C(=O)CCC1=O)CCS2. The number of hydrogen-bond donors (Lipinski definition) is 0. The Hall–Kier alpha value is -1.75. The molecule has 1 saturated carbocycles. The molecule has 1 heterocycles. The van der Waals surface area contributed by atoms with Gasteiger partial charge in [0.25, 0.3) is 0 Å². The van der Waals surface area contributed by atoms with E-state index in [0.717, 1.165) is 28.4 Å². The molecule has 1 aromatic carbocycles. The summed E-state index contributed by atoms with van der Waals surface area (Å²) >= 11 is 1.79. The molecule has 0 bridgehead atoms. The monoisotopic (exact) mass is 346 g/mol. The smallest absolute Gasteiger partial charge is 0.161 e. The molecule has 3 rings (SSSR count). The number of carbonyl (C=O) groups is 2. The van der Waals surface area contributed by atoms with E-state index >= 15 is 0 Å². The van der Waals surface area contributed by atoms with Crippen molar-refractivity contribution >= 4 is 28.9 Å². The summed E-state index contributed by atoms with van der Waals surface area (Å²) in [4.78, 5) is 25.4. The van der Waals surface area contributed by atoms with Gasteiger partial charge in [-0.15, -0.1) is 11.8 Å². The Kier molecular flexibility index (Phi) is 4.72. The third kappa shape index (κ3) is 2.86. The number of carbonyl (C=O) groups excluding carboxylic acids is 2. The van der Waals surface area contributed by atoms with Crippen molar-refractivity contribution in [2.24, 2.45) is 5.41 Å². The van der Waals surface area contributed by atoms with Gasteiger partial charge in [-0.1, -0.05) is 6.08 Å². The highest BCUT2D eigenvalue weighted by Crippen LogP contribution is 2.44. The van der Waals surface area contributed by atoms with Gasteiger partial charge in [-0.3, -0.25) is 9.59 Å². The largest absolute Gasteiger partial charge is 0.493 e. The molecule has 0 amide bonds. The summed E-state index contributed by atoms with van der Waals surface area (Å²) in [7, 11) is 3.26. The van der Waals surface area contributed by atoms with Gasteiger partial charge in [-0.25, -0.2) is 0 Å². The number of allylic oxidation sites excluding steroid dienone is 2. The van der Waals surface area contributed by atoms with Crippen molar-refractivity contribution in [2.75, 3.05) is 20.0 Å². The Morgan fingerprint density at radius 3 is 2.33 bits per heavy atom. The summed E-state index contributed by atoms with van der Waals surface area (Å²) in [5.41, 5.74) is 1.46. The molecule has 1 aliphatic heterocycles. The van der Waals surface area contributed by atoms with Gasteiger partial charge in [-0.05, 0) is 43.0 Å². The normalized spacial score (nSPS) is 21.0. The predicted octanol–water partition coefficient (Wildman–Crippen LogP) is 3.91. The van der Waals surface area contributed by atoms with Crippen molar-refractivity contribution in [3.05, 3.63) is 23.8 Å². The number of Topliss-reactive ketones (excluding diaryl/α,β-unsaturated/α-hetero) is 2. The molecule has 1 fully saturated rings. The topological polar surface area (TPSA) is 52.6 Å². The van der Waals surface area contributed by atoms with Gasteiger partial charge >= 0.3 is 0 Å². The van der Waals surface area contributed by atoms with Crippen LogP contribution in [0.2, 0.25) is 0 Å². The summed E-state index contributed by atoms with van der Waals surface area (Å²) in [5.74, 6) is 2.54. The van der Waals surface area contributed by atoms with Gasteiger partial charge in [0.05, 0.1) is 19.6 Å². The Balaban J connectivity index is 1.94. The van der Waals surface area contributed by atoms with Crippen LogP contribution in [-0.4, -0.2) is 31.5 Å². The number of rotatable bonds is 4. The van der Waals surface area contributed by atoms with Crippen LogP contribution in [0.5, 0.6) is 11.5 Å². The quantitative estimate of drug-likeness (QED) is 0.774. The van der Waals surface area contributed by atoms with Gasteiger partial charge in [-0.2, -0.15) is 0 Å². The average molecular weight is 346 g/mol. The molecule has 2 aliphatic rings. The Bertz CT molecular complexity index is 704. The maximum Gasteiger partial charge on any atom is 0.161 e. The minimum absolute atomic E-state index is 0.0714. The van der Waals surface area contributed by atoms with E-state index in [1.165, 1.54) is 5.57 Å². The molecule has 128 valence electrons. The van der Waals surface area contributed by atoms with E-state index in [4.69, 9.17) is 9.47 Å². The van der Waals surface area contributed by atoms with Crippen molar-refractivity contribution in [1.29, 1.82) is 0 Å². The molecule has 0 saturated heterocycles. The second kappa shape index (κ2) is 6.63. The number of fused-ring (bicyclic) bond motifs is 1. The van der Waals surface area contributed by atoms with Crippen LogP contribution in [0.1, 0.15) is 38.2 Å². The fraction of sp³-hybridized carbons (Fsp3) is 0.474. The van der Waals surface area contributed by atoms with Crippen LogP contribution in [0, 0.1) is 5.41 Å². The first kappa shape index (κ1) is 17.1. The van der Waals surface area contributed by atoms with Crippen molar-refractivity contribution in [2.45, 2.75) is 37.5 Å². The van der Waals surface area contributed by atoms with Crippen molar-refractivity contribution in [3.8, 4) is 11.5 Å². The lowest BCUT2D eigenvalue weighted by molar-refractivity contribution is -0.133. The zero-order chi connectivity index (χ0) is 17.3. The van der Waals surface area contributed by atoms with E-state index in [9.17, 15) is 9.59 Å². The van der Waals surface area contributed by atoms with Crippen molar-refractivity contribution in [3.63, 3.8) is 0 Å². The molecule has 1 aliphatic carbocycles. The molecule has 0 spiro atoms. The number of methoxy groups -OCH3 is 2. The van der Waals surface area contributed by atoms with Gasteiger partial charge in [0.1, 0.15) is 11.6 Å². The molecule has 0 radical (unpaired) electrons. The molecule has 24 heavy (non-hydrogen) atoms. The fourth-order valence-corrected chi connectivity index (χ4v) is 4.42. The van der Waals surface area contributed by atoms with Gasteiger partial charge < -0.3 is 9.47 Å².